The minimum atomic E-state index is 0.556. The Morgan fingerprint density at radius 1 is 1.56 bits per heavy atom. The molecule has 84 valence electrons. The van der Waals surface area contributed by atoms with Crippen LogP contribution in [0.2, 0.25) is 0 Å². The normalized spacial score (nSPS) is 20.7. The number of fused-ring (bicyclic) bond motifs is 1. The van der Waals surface area contributed by atoms with Gasteiger partial charge in [0.1, 0.15) is 5.65 Å². The number of thioether (sulfide) groups is 1. The van der Waals surface area contributed by atoms with Gasteiger partial charge in [-0.2, -0.15) is 11.8 Å². The van der Waals surface area contributed by atoms with Crippen molar-refractivity contribution in [2.75, 3.05) is 11.5 Å². The lowest BCUT2D eigenvalue weighted by Crippen LogP contribution is -1.99. The number of nitrogens with zero attached hydrogens (tertiary/aromatic N) is 2. The molecular weight excluding hydrogens is 218 g/mol. The summed E-state index contributed by atoms with van der Waals surface area (Å²) in [6.07, 6.45) is 5.46. The van der Waals surface area contributed by atoms with Gasteiger partial charge in [-0.15, -0.1) is 0 Å². The molecule has 0 bridgehead atoms. The molecule has 1 aliphatic rings. The fourth-order valence-electron chi connectivity index (χ4n) is 2.21. The van der Waals surface area contributed by atoms with Gasteiger partial charge in [-0.25, -0.2) is 4.98 Å². The Morgan fingerprint density at radius 3 is 3.25 bits per heavy atom. The Bertz CT molecular complexity index is 500. The molecule has 0 spiro atoms. The lowest BCUT2D eigenvalue weighted by molar-refractivity contribution is 0.759. The highest BCUT2D eigenvalue weighted by atomic mass is 32.2. The molecule has 0 saturated carbocycles. The smallest absolute Gasteiger partial charge is 0.141 e. The minimum absolute atomic E-state index is 0.556. The van der Waals surface area contributed by atoms with Gasteiger partial charge in [-0.1, -0.05) is 6.07 Å². The number of pyridine rings is 1. The van der Waals surface area contributed by atoms with Crippen LogP contribution in [0, 0.1) is 0 Å². The number of aromatic nitrogens is 2. The van der Waals surface area contributed by atoms with Gasteiger partial charge < -0.3 is 10.1 Å². The molecule has 3 heterocycles. The predicted molar refractivity (Wildman–Crippen MR) is 67.8 cm³/mol. The molecule has 1 saturated heterocycles. The molecule has 2 N–H and O–H groups in total. The first kappa shape index (κ1) is 10.2. The highest BCUT2D eigenvalue weighted by Crippen LogP contribution is 2.32. The summed E-state index contributed by atoms with van der Waals surface area (Å²) in [6.45, 7) is 0.556. The summed E-state index contributed by atoms with van der Waals surface area (Å²) in [5, 5.41) is 0. The van der Waals surface area contributed by atoms with Crippen LogP contribution in [-0.4, -0.2) is 20.9 Å². The van der Waals surface area contributed by atoms with Crippen LogP contribution in [0.4, 0.5) is 0 Å². The Labute approximate surface area is 99.1 Å². The third kappa shape index (κ3) is 1.62. The van der Waals surface area contributed by atoms with Gasteiger partial charge >= 0.3 is 0 Å². The standard InChI is InChI=1S/C12H15N3S/c13-6-9-2-1-4-15-7-11(14-12(9)15)10-3-5-16-8-10/h1-2,4,7,10H,3,5-6,8,13H2. The van der Waals surface area contributed by atoms with E-state index in [0.717, 1.165) is 11.2 Å². The SMILES string of the molecule is NCc1cccn2cc(C3CCSC3)nc12. The highest BCUT2D eigenvalue weighted by molar-refractivity contribution is 7.99. The van der Waals surface area contributed by atoms with E-state index in [1.807, 2.05) is 24.0 Å². The molecule has 3 nitrogen and oxygen atoms in total. The van der Waals surface area contributed by atoms with Crippen molar-refractivity contribution in [1.82, 2.24) is 9.38 Å². The van der Waals surface area contributed by atoms with E-state index in [0.29, 0.717) is 12.5 Å². The van der Waals surface area contributed by atoms with Gasteiger partial charge in [0.15, 0.2) is 0 Å². The van der Waals surface area contributed by atoms with Crippen LogP contribution >= 0.6 is 11.8 Å². The maximum atomic E-state index is 5.72. The molecule has 16 heavy (non-hydrogen) atoms. The van der Waals surface area contributed by atoms with Gasteiger partial charge in [0.05, 0.1) is 5.69 Å². The molecule has 0 amide bonds. The van der Waals surface area contributed by atoms with Crippen molar-refractivity contribution in [2.24, 2.45) is 5.73 Å². The maximum Gasteiger partial charge on any atom is 0.141 e. The second-order valence-corrected chi connectivity index (χ2v) is 5.34. The largest absolute Gasteiger partial charge is 0.326 e. The predicted octanol–water partition coefficient (Wildman–Crippen LogP) is 2.01. The molecule has 2 aromatic rings. The van der Waals surface area contributed by atoms with E-state index in [1.165, 1.54) is 23.6 Å². The fourth-order valence-corrected chi connectivity index (χ4v) is 3.45. The highest BCUT2D eigenvalue weighted by Gasteiger charge is 2.20. The summed E-state index contributed by atoms with van der Waals surface area (Å²) in [5.74, 6) is 3.11. The molecule has 0 aromatic carbocycles. The Balaban J connectivity index is 2.07. The summed E-state index contributed by atoms with van der Waals surface area (Å²) in [4.78, 5) is 4.74. The first-order valence-electron chi connectivity index (χ1n) is 5.63. The third-order valence-electron chi connectivity index (χ3n) is 3.15. The first-order valence-corrected chi connectivity index (χ1v) is 6.78. The molecule has 4 heteroatoms. The Morgan fingerprint density at radius 2 is 2.50 bits per heavy atom. The quantitative estimate of drug-likeness (QED) is 0.863. The van der Waals surface area contributed by atoms with E-state index < -0.39 is 0 Å². The molecule has 0 aliphatic carbocycles. The van der Waals surface area contributed by atoms with Gasteiger partial charge in [-0.3, -0.25) is 0 Å². The Kier molecular flexibility index (Phi) is 2.61. The Hall–Kier alpha value is -1.00. The molecular formula is C12H15N3S. The fraction of sp³-hybridized carbons (Fsp3) is 0.417. The molecule has 3 rings (SSSR count). The summed E-state index contributed by atoms with van der Waals surface area (Å²) >= 11 is 2.02. The summed E-state index contributed by atoms with van der Waals surface area (Å²) < 4.78 is 2.10. The third-order valence-corrected chi connectivity index (χ3v) is 4.31. The molecule has 2 aromatic heterocycles. The van der Waals surface area contributed by atoms with Crippen LogP contribution in [-0.2, 0) is 6.54 Å². The molecule has 1 atom stereocenters. The van der Waals surface area contributed by atoms with Crippen LogP contribution in [0.1, 0.15) is 23.6 Å². The van der Waals surface area contributed by atoms with Crippen molar-refractivity contribution in [3.8, 4) is 0 Å². The van der Waals surface area contributed by atoms with Crippen molar-refractivity contribution >= 4 is 17.4 Å². The van der Waals surface area contributed by atoms with E-state index >= 15 is 0 Å². The van der Waals surface area contributed by atoms with Gasteiger partial charge in [0.25, 0.3) is 0 Å². The first-order chi connectivity index (χ1) is 7.88. The lowest BCUT2D eigenvalue weighted by atomic mass is 10.1. The molecule has 0 radical (unpaired) electrons. The van der Waals surface area contributed by atoms with E-state index in [2.05, 4.69) is 16.7 Å². The minimum Gasteiger partial charge on any atom is -0.326 e. The van der Waals surface area contributed by atoms with Crippen LogP contribution in [0.15, 0.2) is 24.5 Å². The average molecular weight is 233 g/mol. The summed E-state index contributed by atoms with van der Waals surface area (Å²) in [5.41, 5.74) is 9.10. The second kappa shape index (κ2) is 4.11. The summed E-state index contributed by atoms with van der Waals surface area (Å²) in [6, 6.07) is 4.08. The number of imidazole rings is 1. The van der Waals surface area contributed by atoms with Crippen LogP contribution in [0.25, 0.3) is 5.65 Å². The van der Waals surface area contributed by atoms with Gasteiger partial charge in [0.2, 0.25) is 0 Å². The zero-order valence-corrected chi connectivity index (χ0v) is 9.91. The monoisotopic (exact) mass is 233 g/mol. The van der Waals surface area contributed by atoms with Gasteiger partial charge in [0, 0.05) is 36.2 Å². The zero-order chi connectivity index (χ0) is 11.0. The molecule has 1 fully saturated rings. The van der Waals surface area contributed by atoms with Crippen molar-refractivity contribution < 1.29 is 0 Å². The van der Waals surface area contributed by atoms with Crippen LogP contribution in [0.3, 0.4) is 0 Å². The number of hydrogen-bond acceptors (Lipinski definition) is 3. The van der Waals surface area contributed by atoms with Crippen molar-refractivity contribution in [1.29, 1.82) is 0 Å². The summed E-state index contributed by atoms with van der Waals surface area (Å²) in [7, 11) is 0. The number of hydrogen-bond donors (Lipinski definition) is 1. The second-order valence-electron chi connectivity index (χ2n) is 4.19. The number of nitrogens with two attached hydrogens (primary N) is 1. The van der Waals surface area contributed by atoms with E-state index in [-0.39, 0.29) is 0 Å². The topological polar surface area (TPSA) is 43.3 Å². The van der Waals surface area contributed by atoms with Crippen LogP contribution in [0.5, 0.6) is 0 Å². The zero-order valence-electron chi connectivity index (χ0n) is 9.10. The van der Waals surface area contributed by atoms with Crippen molar-refractivity contribution in [3.63, 3.8) is 0 Å². The molecule has 1 aliphatic heterocycles. The maximum absolute atomic E-state index is 5.72. The average Bonchev–Trinajstić information content (AvgIpc) is 2.96. The van der Waals surface area contributed by atoms with E-state index in [1.54, 1.807) is 0 Å². The van der Waals surface area contributed by atoms with Crippen LogP contribution < -0.4 is 5.73 Å². The lowest BCUT2D eigenvalue weighted by Gasteiger charge is -2.01. The van der Waals surface area contributed by atoms with Gasteiger partial charge in [-0.05, 0) is 18.2 Å². The van der Waals surface area contributed by atoms with Crippen molar-refractivity contribution in [2.45, 2.75) is 18.9 Å². The van der Waals surface area contributed by atoms with E-state index in [4.69, 9.17) is 10.7 Å². The van der Waals surface area contributed by atoms with E-state index in [9.17, 15) is 0 Å². The molecule has 1 unspecified atom stereocenters. The van der Waals surface area contributed by atoms with Crippen molar-refractivity contribution in [3.05, 3.63) is 35.8 Å². The number of rotatable bonds is 2.